The maximum Gasteiger partial charge on any atom is 0.257 e. The van der Waals surface area contributed by atoms with E-state index in [-0.39, 0.29) is 28.4 Å². The van der Waals surface area contributed by atoms with E-state index < -0.39 is 21.8 Å². The highest BCUT2D eigenvalue weighted by Gasteiger charge is 2.36. The van der Waals surface area contributed by atoms with E-state index >= 15 is 0 Å². The van der Waals surface area contributed by atoms with E-state index in [9.17, 15) is 18.0 Å². The van der Waals surface area contributed by atoms with E-state index in [4.69, 9.17) is 27.9 Å². The Morgan fingerprint density at radius 2 is 1.93 bits per heavy atom. The summed E-state index contributed by atoms with van der Waals surface area (Å²) in [7, 11) is -2.31. The lowest BCUT2D eigenvalue weighted by Crippen LogP contribution is -2.29. The Bertz CT molecular complexity index is 1040. The second kappa shape index (κ2) is 7.38. The summed E-state index contributed by atoms with van der Waals surface area (Å²) in [6.07, 6.45) is -0.105. The number of halogens is 2. The molecule has 3 rings (SSSR count). The van der Waals surface area contributed by atoms with Crippen molar-refractivity contribution in [1.29, 1.82) is 0 Å². The van der Waals surface area contributed by atoms with Crippen LogP contribution in [0.15, 0.2) is 36.4 Å². The van der Waals surface area contributed by atoms with E-state index in [1.54, 1.807) is 12.1 Å². The van der Waals surface area contributed by atoms with Crippen LogP contribution in [0.25, 0.3) is 0 Å². The molecule has 27 heavy (non-hydrogen) atoms. The third-order valence-electron chi connectivity index (χ3n) is 3.92. The van der Waals surface area contributed by atoms with Crippen molar-refractivity contribution < 1.29 is 22.7 Å². The second-order valence-corrected chi connectivity index (χ2v) is 8.47. The highest BCUT2D eigenvalue weighted by Crippen LogP contribution is 2.31. The minimum atomic E-state index is -3.75. The fourth-order valence-electron chi connectivity index (χ4n) is 2.65. The molecule has 1 aliphatic heterocycles. The molecular formula is C17H14Cl2N2O5S. The van der Waals surface area contributed by atoms with Gasteiger partial charge in [0.05, 0.1) is 34.8 Å². The second-order valence-electron chi connectivity index (χ2n) is 5.69. The lowest BCUT2D eigenvalue weighted by molar-refractivity contribution is -0.116. The Morgan fingerprint density at radius 1 is 1.19 bits per heavy atom. The van der Waals surface area contributed by atoms with E-state index in [1.165, 1.54) is 31.4 Å². The number of anilines is 2. The van der Waals surface area contributed by atoms with Crippen LogP contribution in [-0.4, -0.2) is 33.1 Å². The van der Waals surface area contributed by atoms with Crippen LogP contribution in [0, 0.1) is 0 Å². The fourth-order valence-corrected chi connectivity index (χ4v) is 4.48. The van der Waals surface area contributed by atoms with Crippen LogP contribution < -0.4 is 14.4 Å². The summed E-state index contributed by atoms with van der Waals surface area (Å²) >= 11 is 12.1. The molecule has 0 atom stereocenters. The van der Waals surface area contributed by atoms with Crippen LogP contribution in [-0.2, 0) is 14.8 Å². The maximum absolute atomic E-state index is 12.7. The molecule has 0 radical (unpaired) electrons. The van der Waals surface area contributed by atoms with E-state index in [0.717, 1.165) is 0 Å². The van der Waals surface area contributed by atoms with Crippen molar-refractivity contribution in [2.24, 2.45) is 0 Å². The summed E-state index contributed by atoms with van der Waals surface area (Å²) in [5.41, 5.74) is 0.387. The standard InChI is InChI=1S/C17H14Cl2N2O5S/c1-26-15-5-2-10(18)8-14(15)20-17(23)12-9-11(3-4-13(12)19)21-16(22)6-7-27(21,24)25/h2-5,8-9H,6-7H2,1H3,(H,20,23). The lowest BCUT2D eigenvalue weighted by Gasteiger charge is -2.17. The van der Waals surface area contributed by atoms with Gasteiger partial charge in [0.15, 0.2) is 0 Å². The number of benzene rings is 2. The molecule has 0 spiro atoms. The molecule has 0 aromatic heterocycles. The number of carbonyl (C=O) groups excluding carboxylic acids is 2. The summed E-state index contributed by atoms with van der Waals surface area (Å²) in [6.45, 7) is 0. The number of carbonyl (C=O) groups is 2. The number of hydrogen-bond acceptors (Lipinski definition) is 5. The minimum absolute atomic E-state index is 0.00564. The van der Waals surface area contributed by atoms with Crippen molar-refractivity contribution in [3.8, 4) is 5.75 Å². The zero-order valence-corrected chi connectivity index (χ0v) is 16.4. The average molecular weight is 429 g/mol. The third kappa shape index (κ3) is 3.87. The van der Waals surface area contributed by atoms with E-state index in [0.29, 0.717) is 20.8 Å². The van der Waals surface area contributed by atoms with Crippen molar-refractivity contribution in [3.05, 3.63) is 52.0 Å². The van der Waals surface area contributed by atoms with Gasteiger partial charge in [0.1, 0.15) is 5.75 Å². The summed E-state index contributed by atoms with van der Waals surface area (Å²) in [5, 5.41) is 3.11. The minimum Gasteiger partial charge on any atom is -0.495 e. The van der Waals surface area contributed by atoms with E-state index in [1.807, 2.05) is 0 Å². The SMILES string of the molecule is COc1ccc(Cl)cc1NC(=O)c1cc(N2C(=O)CCS2(=O)=O)ccc1Cl. The van der Waals surface area contributed by atoms with Crippen molar-refractivity contribution in [1.82, 2.24) is 0 Å². The van der Waals surface area contributed by atoms with Gasteiger partial charge in [-0.05, 0) is 36.4 Å². The van der Waals surface area contributed by atoms with Crippen LogP contribution in [0.1, 0.15) is 16.8 Å². The molecule has 10 heteroatoms. The van der Waals surface area contributed by atoms with E-state index in [2.05, 4.69) is 5.32 Å². The van der Waals surface area contributed by atoms with Gasteiger partial charge in [-0.15, -0.1) is 0 Å². The largest absolute Gasteiger partial charge is 0.495 e. The number of nitrogens with one attached hydrogen (secondary N) is 1. The van der Waals surface area contributed by atoms with Crippen LogP contribution in [0.5, 0.6) is 5.75 Å². The van der Waals surface area contributed by atoms with Crippen LogP contribution >= 0.6 is 23.2 Å². The lowest BCUT2D eigenvalue weighted by atomic mass is 10.1. The Hall–Kier alpha value is -2.29. The maximum atomic E-state index is 12.7. The molecule has 1 saturated heterocycles. The zero-order chi connectivity index (χ0) is 19.8. The molecule has 1 heterocycles. The number of hydrogen-bond donors (Lipinski definition) is 1. The fraction of sp³-hybridized carbons (Fsp3) is 0.176. The first-order chi connectivity index (χ1) is 12.7. The van der Waals surface area contributed by atoms with Crippen LogP contribution in [0.4, 0.5) is 11.4 Å². The predicted octanol–water partition coefficient (Wildman–Crippen LogP) is 3.32. The molecule has 142 valence electrons. The Labute approximate surface area is 165 Å². The zero-order valence-electron chi connectivity index (χ0n) is 14.0. The topological polar surface area (TPSA) is 92.8 Å². The highest BCUT2D eigenvalue weighted by atomic mass is 35.5. The average Bonchev–Trinajstić information content (AvgIpc) is 2.88. The molecule has 1 fully saturated rings. The molecule has 2 amide bonds. The molecule has 7 nitrogen and oxygen atoms in total. The predicted molar refractivity (Wildman–Crippen MR) is 103 cm³/mol. The number of sulfonamides is 1. The van der Waals surface area contributed by atoms with Gasteiger partial charge in [0.25, 0.3) is 5.91 Å². The Kier molecular flexibility index (Phi) is 5.32. The third-order valence-corrected chi connectivity index (χ3v) is 6.17. The Morgan fingerprint density at radius 3 is 2.56 bits per heavy atom. The number of rotatable bonds is 4. The summed E-state index contributed by atoms with van der Waals surface area (Å²) < 4.78 is 30.1. The first kappa shape index (κ1) is 19.5. The number of methoxy groups -OCH3 is 1. The van der Waals surface area contributed by atoms with Crippen LogP contribution in [0.2, 0.25) is 10.0 Å². The molecule has 2 aromatic carbocycles. The molecule has 1 N–H and O–H groups in total. The van der Waals surface area contributed by atoms with Gasteiger partial charge in [-0.25, -0.2) is 12.7 Å². The first-order valence-electron chi connectivity index (χ1n) is 7.73. The van der Waals surface area contributed by atoms with Gasteiger partial charge < -0.3 is 10.1 Å². The number of amides is 2. The molecular weight excluding hydrogens is 415 g/mol. The molecule has 1 aliphatic rings. The van der Waals surface area contributed by atoms with Crippen molar-refractivity contribution in [2.75, 3.05) is 22.5 Å². The summed E-state index contributed by atoms with van der Waals surface area (Å²) in [5.74, 6) is -1.04. The smallest absolute Gasteiger partial charge is 0.257 e. The molecule has 2 aromatic rings. The molecule has 0 saturated carbocycles. The van der Waals surface area contributed by atoms with Crippen molar-refractivity contribution in [3.63, 3.8) is 0 Å². The van der Waals surface area contributed by atoms with Gasteiger partial charge in [0.2, 0.25) is 15.9 Å². The first-order valence-corrected chi connectivity index (χ1v) is 10.1. The van der Waals surface area contributed by atoms with Gasteiger partial charge in [0, 0.05) is 11.4 Å². The monoisotopic (exact) mass is 428 g/mol. The van der Waals surface area contributed by atoms with Gasteiger partial charge in [-0.1, -0.05) is 23.2 Å². The normalized spacial score (nSPS) is 15.7. The van der Waals surface area contributed by atoms with Crippen molar-refractivity contribution >= 4 is 56.4 Å². The van der Waals surface area contributed by atoms with Crippen LogP contribution in [0.3, 0.4) is 0 Å². The van der Waals surface area contributed by atoms with Gasteiger partial charge in [-0.3, -0.25) is 9.59 Å². The molecule has 0 unspecified atom stereocenters. The quantitative estimate of drug-likeness (QED) is 0.805. The molecule has 0 aliphatic carbocycles. The number of ether oxygens (including phenoxy) is 1. The van der Waals surface area contributed by atoms with Crippen molar-refractivity contribution in [2.45, 2.75) is 6.42 Å². The molecule has 0 bridgehead atoms. The Balaban J connectivity index is 1.97. The summed E-state index contributed by atoms with van der Waals surface area (Å²) in [6, 6.07) is 8.70. The summed E-state index contributed by atoms with van der Waals surface area (Å²) in [4.78, 5) is 24.6. The number of nitrogens with zero attached hydrogens (tertiary/aromatic N) is 1. The van der Waals surface area contributed by atoms with Gasteiger partial charge >= 0.3 is 0 Å². The highest BCUT2D eigenvalue weighted by molar-refractivity contribution is 7.94. The van der Waals surface area contributed by atoms with Gasteiger partial charge in [-0.2, -0.15) is 0 Å².